The number of Topliss-reactive ketones (excluding diaryl/α,β-unsaturated/α-hetero) is 1. The van der Waals surface area contributed by atoms with Gasteiger partial charge in [-0.3, -0.25) is 4.79 Å². The molecule has 1 aromatic carbocycles. The number of hydrogen-bond donors (Lipinski definition) is 1. The molecular weight excluding hydrogens is 354 g/mol. The topological polar surface area (TPSA) is 83.9 Å². The monoisotopic (exact) mass is 383 g/mol. The van der Waals surface area contributed by atoms with Gasteiger partial charge in [0.05, 0.1) is 29.6 Å². The van der Waals surface area contributed by atoms with Crippen molar-refractivity contribution in [2.75, 3.05) is 6.61 Å². The molecule has 1 saturated heterocycles. The molecule has 1 aromatic rings. The maximum absolute atomic E-state index is 13.3. The van der Waals surface area contributed by atoms with Crippen molar-refractivity contribution >= 4 is 15.8 Å². The highest BCUT2D eigenvalue weighted by Gasteiger charge is 2.49. The molecule has 1 aliphatic heterocycles. The normalized spacial score (nSPS) is 24.0. The van der Waals surface area contributed by atoms with E-state index < -0.39 is 28.3 Å². The summed E-state index contributed by atoms with van der Waals surface area (Å²) in [4.78, 5) is 12.4. The van der Waals surface area contributed by atoms with Gasteiger partial charge in [0, 0.05) is 0 Å². The van der Waals surface area contributed by atoms with Crippen molar-refractivity contribution in [3.8, 4) is 0 Å². The number of carbonyl (C=O) groups excluding carboxylic acids is 1. The van der Waals surface area contributed by atoms with Crippen LogP contribution in [0.5, 0.6) is 0 Å². The quantitative estimate of drug-likeness (QED) is 0.781. The number of aryl methyl sites for hydroxylation is 1. The number of nitrogens with zero attached hydrogens (tertiary/aromatic N) is 1. The SMILES string of the molecule is CC[C@@H]1CO[C@H]([C@H](C(C)=O)[C@@H](O)C(C)C)N1S(=O)(=O)c1ccc(C)cc1. The lowest BCUT2D eigenvalue weighted by Crippen LogP contribution is -2.51. The van der Waals surface area contributed by atoms with E-state index in [0.717, 1.165) is 5.56 Å². The van der Waals surface area contributed by atoms with Crippen LogP contribution in [0.4, 0.5) is 0 Å². The zero-order valence-corrected chi connectivity index (χ0v) is 16.9. The van der Waals surface area contributed by atoms with Crippen molar-refractivity contribution in [3.63, 3.8) is 0 Å². The lowest BCUT2D eigenvalue weighted by Gasteiger charge is -2.34. The summed E-state index contributed by atoms with van der Waals surface area (Å²) in [7, 11) is -3.86. The van der Waals surface area contributed by atoms with Gasteiger partial charge in [-0.05, 0) is 38.3 Å². The average Bonchev–Trinajstić information content (AvgIpc) is 2.99. The fourth-order valence-electron chi connectivity index (χ4n) is 3.31. The van der Waals surface area contributed by atoms with Crippen LogP contribution in [0.15, 0.2) is 29.2 Å². The van der Waals surface area contributed by atoms with Crippen molar-refractivity contribution in [3.05, 3.63) is 29.8 Å². The summed E-state index contributed by atoms with van der Waals surface area (Å²) >= 11 is 0. The summed E-state index contributed by atoms with van der Waals surface area (Å²) in [6, 6.07) is 6.24. The summed E-state index contributed by atoms with van der Waals surface area (Å²) in [5.74, 6) is -1.40. The Labute approximate surface area is 156 Å². The van der Waals surface area contributed by atoms with Crippen LogP contribution < -0.4 is 0 Å². The minimum absolute atomic E-state index is 0.165. The first-order chi connectivity index (χ1) is 12.1. The molecule has 2 rings (SSSR count). The van der Waals surface area contributed by atoms with Crippen LogP contribution in [-0.2, 0) is 19.6 Å². The molecule has 4 atom stereocenters. The molecule has 0 aromatic heterocycles. The Hall–Kier alpha value is -1.28. The number of ketones is 1. The Balaban J connectivity index is 2.49. The van der Waals surface area contributed by atoms with Crippen LogP contribution in [-0.4, -0.2) is 48.6 Å². The number of carbonyl (C=O) groups is 1. The van der Waals surface area contributed by atoms with Gasteiger partial charge >= 0.3 is 0 Å². The lowest BCUT2D eigenvalue weighted by molar-refractivity contribution is -0.135. The van der Waals surface area contributed by atoms with Gasteiger partial charge in [0.15, 0.2) is 0 Å². The molecule has 7 heteroatoms. The molecule has 0 unspecified atom stereocenters. The lowest BCUT2D eigenvalue weighted by atomic mass is 9.89. The molecule has 26 heavy (non-hydrogen) atoms. The highest BCUT2D eigenvalue weighted by atomic mass is 32.2. The Morgan fingerprint density at radius 1 is 1.31 bits per heavy atom. The van der Waals surface area contributed by atoms with Crippen LogP contribution in [0.2, 0.25) is 0 Å². The molecule has 1 aliphatic rings. The summed E-state index contributed by atoms with van der Waals surface area (Å²) in [5, 5.41) is 10.5. The summed E-state index contributed by atoms with van der Waals surface area (Å²) in [5.41, 5.74) is 0.960. The Kier molecular flexibility index (Phi) is 6.60. The predicted molar refractivity (Wildman–Crippen MR) is 99.0 cm³/mol. The molecule has 1 heterocycles. The van der Waals surface area contributed by atoms with Crippen molar-refractivity contribution in [2.24, 2.45) is 11.8 Å². The van der Waals surface area contributed by atoms with E-state index in [1.807, 2.05) is 13.8 Å². The number of rotatable bonds is 7. The smallest absolute Gasteiger partial charge is 0.245 e. The molecule has 1 N–H and O–H groups in total. The predicted octanol–water partition coefficient (Wildman–Crippen LogP) is 2.34. The van der Waals surface area contributed by atoms with E-state index in [1.165, 1.54) is 11.2 Å². The van der Waals surface area contributed by atoms with Crippen LogP contribution in [0.25, 0.3) is 0 Å². The second kappa shape index (κ2) is 8.17. The Morgan fingerprint density at radius 3 is 2.35 bits per heavy atom. The van der Waals surface area contributed by atoms with Crippen molar-refractivity contribution in [1.29, 1.82) is 0 Å². The maximum Gasteiger partial charge on any atom is 0.245 e. The van der Waals surface area contributed by atoms with Gasteiger partial charge < -0.3 is 9.84 Å². The largest absolute Gasteiger partial charge is 0.392 e. The van der Waals surface area contributed by atoms with E-state index in [9.17, 15) is 18.3 Å². The first kappa shape index (κ1) is 21.0. The third-order valence-corrected chi connectivity index (χ3v) is 6.89. The van der Waals surface area contributed by atoms with E-state index in [1.54, 1.807) is 38.1 Å². The van der Waals surface area contributed by atoms with Gasteiger partial charge in [-0.25, -0.2) is 8.42 Å². The van der Waals surface area contributed by atoms with Gasteiger partial charge in [-0.2, -0.15) is 4.31 Å². The third kappa shape index (κ3) is 4.01. The van der Waals surface area contributed by atoms with Crippen LogP contribution >= 0.6 is 0 Å². The first-order valence-electron chi connectivity index (χ1n) is 9.01. The molecule has 0 bridgehead atoms. The standard InChI is InChI=1S/C19H29NO5S/c1-6-15-11-25-19(17(14(5)21)18(22)12(2)3)20(15)26(23,24)16-9-7-13(4)8-10-16/h7-10,12,15,17-19,22H,6,11H2,1-5H3/t15-,17-,18+,19-/m1/s1. The second-order valence-corrected chi connectivity index (χ2v) is 9.15. The Morgan fingerprint density at radius 2 is 1.88 bits per heavy atom. The van der Waals surface area contributed by atoms with Crippen molar-refractivity contribution in [2.45, 2.75) is 64.3 Å². The summed E-state index contributed by atoms with van der Waals surface area (Å²) in [6.07, 6.45) is -1.42. The first-order valence-corrected chi connectivity index (χ1v) is 10.5. The number of benzene rings is 1. The van der Waals surface area contributed by atoms with Crippen LogP contribution in [0.1, 0.15) is 39.7 Å². The van der Waals surface area contributed by atoms with Gasteiger partial charge in [0.25, 0.3) is 0 Å². The zero-order chi connectivity index (χ0) is 19.6. The minimum atomic E-state index is -3.86. The van der Waals surface area contributed by atoms with Crippen molar-refractivity contribution in [1.82, 2.24) is 4.31 Å². The van der Waals surface area contributed by atoms with Gasteiger partial charge in [0.2, 0.25) is 10.0 Å². The van der Waals surface area contributed by atoms with Crippen LogP contribution in [0, 0.1) is 18.8 Å². The molecule has 0 amide bonds. The molecule has 0 saturated carbocycles. The number of aliphatic hydroxyl groups excluding tert-OH is 1. The number of ether oxygens (including phenoxy) is 1. The molecule has 6 nitrogen and oxygen atoms in total. The minimum Gasteiger partial charge on any atom is -0.392 e. The zero-order valence-electron chi connectivity index (χ0n) is 16.0. The fraction of sp³-hybridized carbons (Fsp3) is 0.632. The maximum atomic E-state index is 13.3. The average molecular weight is 384 g/mol. The highest BCUT2D eigenvalue weighted by Crippen LogP contribution is 2.34. The molecular formula is C19H29NO5S. The fourth-order valence-corrected chi connectivity index (χ4v) is 5.11. The second-order valence-electron chi connectivity index (χ2n) is 7.31. The molecule has 1 fully saturated rings. The molecule has 146 valence electrons. The number of hydrogen-bond acceptors (Lipinski definition) is 5. The van der Waals surface area contributed by atoms with E-state index in [-0.39, 0.29) is 29.2 Å². The molecule has 0 radical (unpaired) electrons. The van der Waals surface area contributed by atoms with E-state index in [2.05, 4.69) is 0 Å². The molecule has 0 spiro atoms. The van der Waals surface area contributed by atoms with Crippen LogP contribution in [0.3, 0.4) is 0 Å². The third-order valence-electron chi connectivity index (χ3n) is 4.97. The van der Waals surface area contributed by atoms with Crippen molar-refractivity contribution < 1.29 is 23.1 Å². The van der Waals surface area contributed by atoms with E-state index in [4.69, 9.17) is 4.74 Å². The summed E-state index contributed by atoms with van der Waals surface area (Å²) in [6.45, 7) is 8.95. The van der Waals surface area contributed by atoms with Gasteiger partial charge in [-0.15, -0.1) is 0 Å². The van der Waals surface area contributed by atoms with E-state index >= 15 is 0 Å². The number of aliphatic hydroxyl groups is 1. The Bertz CT molecular complexity index is 729. The highest BCUT2D eigenvalue weighted by molar-refractivity contribution is 7.89. The van der Waals surface area contributed by atoms with E-state index in [0.29, 0.717) is 6.42 Å². The van der Waals surface area contributed by atoms with Gasteiger partial charge in [0.1, 0.15) is 12.0 Å². The number of sulfonamides is 1. The summed E-state index contributed by atoms with van der Waals surface area (Å²) < 4.78 is 33.6. The molecule has 0 aliphatic carbocycles. The van der Waals surface area contributed by atoms with Gasteiger partial charge in [-0.1, -0.05) is 38.5 Å².